The van der Waals surface area contributed by atoms with Crippen LogP contribution in [0.4, 0.5) is 14.5 Å². The molecule has 2 heterocycles. The van der Waals surface area contributed by atoms with E-state index in [-0.39, 0.29) is 17.2 Å². The summed E-state index contributed by atoms with van der Waals surface area (Å²) in [5.41, 5.74) is 7.14. The average molecular weight is 403 g/mol. The van der Waals surface area contributed by atoms with Crippen LogP contribution in [0.5, 0.6) is 5.75 Å². The molecule has 1 N–H and O–H groups in total. The summed E-state index contributed by atoms with van der Waals surface area (Å²) in [4.78, 5) is 0. The van der Waals surface area contributed by atoms with Crippen molar-refractivity contribution in [2.75, 3.05) is 5.32 Å². The molecule has 0 bridgehead atoms. The van der Waals surface area contributed by atoms with E-state index < -0.39 is 6.10 Å². The Bertz CT molecular complexity index is 1230. The SMILES string of the molecule is CC1=CC(C)(C)Nc2ccc3c(c21)[C@@H](c1ccc(F)c(C)c1)Oc1ccc(F)cc1-3. The third-order valence-corrected chi connectivity index (χ3v) is 5.90. The van der Waals surface area contributed by atoms with Crippen molar-refractivity contribution in [1.82, 2.24) is 0 Å². The Kier molecular flexibility index (Phi) is 4.04. The Morgan fingerprint density at radius 2 is 1.73 bits per heavy atom. The summed E-state index contributed by atoms with van der Waals surface area (Å²) in [6.45, 7) is 8.10. The van der Waals surface area contributed by atoms with Crippen LogP contribution >= 0.6 is 0 Å². The fourth-order valence-electron chi connectivity index (χ4n) is 4.72. The smallest absolute Gasteiger partial charge is 0.150 e. The van der Waals surface area contributed by atoms with Crippen LogP contribution in [0.2, 0.25) is 0 Å². The van der Waals surface area contributed by atoms with Crippen molar-refractivity contribution < 1.29 is 13.5 Å². The van der Waals surface area contributed by atoms with Crippen LogP contribution in [-0.4, -0.2) is 5.54 Å². The second kappa shape index (κ2) is 6.43. The molecule has 0 unspecified atom stereocenters. The number of halogens is 2. The van der Waals surface area contributed by atoms with E-state index >= 15 is 0 Å². The van der Waals surface area contributed by atoms with E-state index in [1.54, 1.807) is 19.1 Å². The van der Waals surface area contributed by atoms with Gasteiger partial charge >= 0.3 is 0 Å². The van der Waals surface area contributed by atoms with E-state index in [4.69, 9.17) is 4.74 Å². The zero-order valence-electron chi connectivity index (χ0n) is 17.4. The maximum Gasteiger partial charge on any atom is 0.150 e. The first kappa shape index (κ1) is 18.9. The Labute approximate surface area is 175 Å². The van der Waals surface area contributed by atoms with Gasteiger partial charge in [-0.1, -0.05) is 18.2 Å². The second-order valence-electron chi connectivity index (χ2n) is 8.77. The molecule has 1 atom stereocenters. The summed E-state index contributed by atoms with van der Waals surface area (Å²) in [6, 6.07) is 13.8. The lowest BCUT2D eigenvalue weighted by atomic mass is 9.80. The minimum absolute atomic E-state index is 0.174. The Hall–Kier alpha value is -3.14. The number of allylic oxidation sites excluding steroid dienone is 1. The van der Waals surface area contributed by atoms with Gasteiger partial charge in [-0.05, 0) is 86.4 Å². The van der Waals surface area contributed by atoms with Gasteiger partial charge in [0.15, 0.2) is 6.10 Å². The number of hydrogen-bond acceptors (Lipinski definition) is 2. The Balaban J connectivity index is 1.81. The second-order valence-corrected chi connectivity index (χ2v) is 8.77. The van der Waals surface area contributed by atoms with Gasteiger partial charge < -0.3 is 10.1 Å². The third-order valence-electron chi connectivity index (χ3n) is 5.90. The highest BCUT2D eigenvalue weighted by molar-refractivity contribution is 5.90. The van der Waals surface area contributed by atoms with Crippen LogP contribution in [-0.2, 0) is 0 Å². The molecule has 2 nitrogen and oxygen atoms in total. The van der Waals surface area contributed by atoms with Crippen molar-refractivity contribution >= 4 is 11.3 Å². The van der Waals surface area contributed by atoms with Crippen molar-refractivity contribution in [3.63, 3.8) is 0 Å². The average Bonchev–Trinajstić information content (AvgIpc) is 2.68. The zero-order valence-corrected chi connectivity index (χ0v) is 17.4. The van der Waals surface area contributed by atoms with Crippen LogP contribution in [0, 0.1) is 18.6 Å². The molecule has 0 fully saturated rings. The minimum atomic E-state index is -0.418. The van der Waals surface area contributed by atoms with Gasteiger partial charge in [0.25, 0.3) is 0 Å². The molecule has 3 aromatic rings. The van der Waals surface area contributed by atoms with Gasteiger partial charge in [-0.15, -0.1) is 0 Å². The lowest BCUT2D eigenvalue weighted by Gasteiger charge is -2.37. The molecule has 30 heavy (non-hydrogen) atoms. The first-order valence-corrected chi connectivity index (χ1v) is 10.1. The summed E-state index contributed by atoms with van der Waals surface area (Å²) in [6.07, 6.45) is 1.78. The lowest BCUT2D eigenvalue weighted by molar-refractivity contribution is 0.242. The van der Waals surface area contributed by atoms with E-state index in [0.29, 0.717) is 11.3 Å². The Morgan fingerprint density at radius 3 is 2.50 bits per heavy atom. The van der Waals surface area contributed by atoms with Gasteiger partial charge in [-0.25, -0.2) is 8.78 Å². The van der Waals surface area contributed by atoms with Crippen molar-refractivity contribution in [2.24, 2.45) is 0 Å². The first-order chi connectivity index (χ1) is 14.2. The third kappa shape index (κ3) is 2.90. The number of aryl methyl sites for hydroxylation is 1. The predicted molar refractivity (Wildman–Crippen MR) is 117 cm³/mol. The van der Waals surface area contributed by atoms with Gasteiger partial charge in [0.2, 0.25) is 0 Å². The molecular formula is C26H23F2NO. The maximum absolute atomic E-state index is 14.1. The molecule has 0 spiro atoms. The fourth-order valence-corrected chi connectivity index (χ4v) is 4.72. The van der Waals surface area contributed by atoms with E-state index in [0.717, 1.165) is 39.1 Å². The topological polar surface area (TPSA) is 21.3 Å². The molecule has 2 aliphatic heterocycles. The van der Waals surface area contributed by atoms with Crippen LogP contribution in [0.3, 0.4) is 0 Å². The molecular weight excluding hydrogens is 380 g/mol. The number of fused-ring (bicyclic) bond motifs is 5. The minimum Gasteiger partial charge on any atom is -0.480 e. The van der Waals surface area contributed by atoms with Crippen molar-refractivity contribution in [2.45, 2.75) is 39.3 Å². The summed E-state index contributed by atoms with van der Waals surface area (Å²) < 4.78 is 34.5. The number of benzene rings is 3. The maximum atomic E-state index is 14.1. The number of anilines is 1. The highest BCUT2D eigenvalue weighted by Crippen LogP contribution is 2.50. The van der Waals surface area contributed by atoms with E-state index in [2.05, 4.69) is 38.2 Å². The normalized spacial score (nSPS) is 18.3. The molecule has 0 saturated carbocycles. The quantitative estimate of drug-likeness (QED) is 0.471. The number of hydrogen-bond donors (Lipinski definition) is 1. The predicted octanol–water partition coefficient (Wildman–Crippen LogP) is 7.03. The highest BCUT2D eigenvalue weighted by atomic mass is 19.1. The first-order valence-electron chi connectivity index (χ1n) is 10.1. The lowest BCUT2D eigenvalue weighted by Crippen LogP contribution is -2.32. The molecule has 152 valence electrons. The fraction of sp³-hybridized carbons (Fsp3) is 0.231. The molecule has 0 aliphatic carbocycles. The van der Waals surface area contributed by atoms with Crippen molar-refractivity contribution in [1.29, 1.82) is 0 Å². The standard InChI is InChI=1S/C26H23F2NO/c1-14-11-16(5-8-20(14)28)25-24-18(19-12-17(27)6-10-22(19)30-25)7-9-21-23(24)15(2)13-26(3,4)29-21/h5-13,25,29H,1-4H3/t25-/m1/s1. The van der Waals surface area contributed by atoms with Crippen LogP contribution in [0.25, 0.3) is 16.7 Å². The summed E-state index contributed by atoms with van der Waals surface area (Å²) in [5.74, 6) is 0.0806. The zero-order chi connectivity index (χ0) is 21.2. The summed E-state index contributed by atoms with van der Waals surface area (Å²) >= 11 is 0. The van der Waals surface area contributed by atoms with E-state index in [1.165, 1.54) is 18.2 Å². The van der Waals surface area contributed by atoms with Gasteiger partial charge in [0, 0.05) is 22.4 Å². The number of ether oxygens (including phenoxy) is 1. The van der Waals surface area contributed by atoms with Gasteiger partial charge in [-0.2, -0.15) is 0 Å². The monoisotopic (exact) mass is 403 g/mol. The van der Waals surface area contributed by atoms with Gasteiger partial charge in [0.05, 0.1) is 5.54 Å². The molecule has 0 saturated heterocycles. The van der Waals surface area contributed by atoms with Crippen molar-refractivity contribution in [3.05, 3.63) is 88.5 Å². The number of rotatable bonds is 1. The van der Waals surface area contributed by atoms with Crippen LogP contribution in [0.1, 0.15) is 49.1 Å². The molecule has 3 aromatic carbocycles. The van der Waals surface area contributed by atoms with E-state index in [1.807, 2.05) is 12.1 Å². The van der Waals surface area contributed by atoms with Gasteiger partial charge in [0.1, 0.15) is 17.4 Å². The summed E-state index contributed by atoms with van der Waals surface area (Å²) in [7, 11) is 0. The van der Waals surface area contributed by atoms with Crippen molar-refractivity contribution in [3.8, 4) is 16.9 Å². The Morgan fingerprint density at radius 1 is 0.933 bits per heavy atom. The highest BCUT2D eigenvalue weighted by Gasteiger charge is 2.34. The molecule has 0 radical (unpaired) electrons. The van der Waals surface area contributed by atoms with Crippen LogP contribution < -0.4 is 10.1 Å². The van der Waals surface area contributed by atoms with E-state index in [9.17, 15) is 8.78 Å². The van der Waals surface area contributed by atoms with Crippen LogP contribution in [0.15, 0.2) is 54.6 Å². The molecule has 0 amide bonds. The molecule has 2 aliphatic rings. The molecule has 0 aromatic heterocycles. The molecule has 5 rings (SSSR count). The summed E-state index contributed by atoms with van der Waals surface area (Å²) in [5, 5.41) is 3.58. The molecule has 4 heteroatoms. The van der Waals surface area contributed by atoms with Gasteiger partial charge in [-0.3, -0.25) is 0 Å². The largest absolute Gasteiger partial charge is 0.480 e. The number of nitrogens with one attached hydrogen (secondary N) is 1.